The monoisotopic (exact) mass is 285 g/mol. The maximum atomic E-state index is 4.47. The summed E-state index contributed by atoms with van der Waals surface area (Å²) in [6.45, 7) is 5.78. The number of likely N-dealkylation sites (tertiary alicyclic amines) is 1. The van der Waals surface area contributed by atoms with E-state index in [4.69, 9.17) is 0 Å². The zero-order chi connectivity index (χ0) is 14.5. The zero-order valence-electron chi connectivity index (χ0n) is 12.6. The van der Waals surface area contributed by atoms with Crippen molar-refractivity contribution in [2.45, 2.75) is 32.2 Å². The second-order valence-electron chi connectivity index (χ2n) is 5.53. The second-order valence-corrected chi connectivity index (χ2v) is 5.53. The maximum Gasteiger partial charge on any atom is 0.176 e. The molecule has 1 unspecified atom stereocenters. The first-order chi connectivity index (χ1) is 10.4. The summed E-state index contributed by atoms with van der Waals surface area (Å²) in [6.07, 6.45) is 9.17. The summed E-state index contributed by atoms with van der Waals surface area (Å²) >= 11 is 0. The van der Waals surface area contributed by atoms with Crippen molar-refractivity contribution in [3.63, 3.8) is 0 Å². The Labute approximate surface area is 126 Å². The molecule has 1 aliphatic heterocycles. The Bertz CT molecular complexity index is 552. The van der Waals surface area contributed by atoms with Gasteiger partial charge in [-0.2, -0.15) is 5.10 Å². The van der Waals surface area contributed by atoms with Gasteiger partial charge >= 0.3 is 0 Å². The van der Waals surface area contributed by atoms with Crippen LogP contribution in [0.1, 0.15) is 26.2 Å². The van der Waals surface area contributed by atoms with Crippen molar-refractivity contribution in [2.24, 2.45) is 0 Å². The van der Waals surface area contributed by atoms with Gasteiger partial charge in [0.2, 0.25) is 0 Å². The van der Waals surface area contributed by atoms with Crippen LogP contribution in [-0.2, 0) is 0 Å². The molecule has 3 rings (SSSR count). The third kappa shape index (κ3) is 3.42. The quantitative estimate of drug-likeness (QED) is 0.938. The number of nitrogens with one attached hydrogen (secondary N) is 1. The first kappa shape index (κ1) is 14.1. The average Bonchev–Trinajstić information content (AvgIpc) is 2.95. The molecule has 3 heterocycles. The number of hydrogen-bond acceptors (Lipinski definition) is 4. The largest absolute Gasteiger partial charge is 0.379 e. The van der Waals surface area contributed by atoms with E-state index in [1.165, 1.54) is 32.4 Å². The predicted molar refractivity (Wildman–Crippen MR) is 84.7 cm³/mol. The van der Waals surface area contributed by atoms with Crippen LogP contribution < -0.4 is 5.32 Å². The van der Waals surface area contributed by atoms with Gasteiger partial charge in [0.25, 0.3) is 0 Å². The zero-order valence-corrected chi connectivity index (χ0v) is 12.6. The molecule has 1 N–H and O–H groups in total. The van der Waals surface area contributed by atoms with Gasteiger partial charge in [-0.3, -0.25) is 0 Å². The van der Waals surface area contributed by atoms with Gasteiger partial charge in [0.15, 0.2) is 5.82 Å². The van der Waals surface area contributed by atoms with E-state index in [0.29, 0.717) is 6.04 Å². The smallest absolute Gasteiger partial charge is 0.176 e. The standard InChI is InChI=1S/C16H23N5/c1-2-20-11-4-6-14(8-13-20)19-15-7-3-9-17-16(15)21-12-5-10-18-21/h3,5,7,9-10,12,14,19H,2,4,6,8,11,13H2,1H3. The number of nitrogens with zero attached hydrogens (tertiary/aromatic N) is 4. The van der Waals surface area contributed by atoms with Crippen LogP contribution in [0.5, 0.6) is 0 Å². The fourth-order valence-corrected chi connectivity index (χ4v) is 2.92. The Morgan fingerprint density at radius 1 is 1.24 bits per heavy atom. The van der Waals surface area contributed by atoms with Crippen molar-refractivity contribution in [2.75, 3.05) is 25.0 Å². The van der Waals surface area contributed by atoms with Crippen molar-refractivity contribution in [1.29, 1.82) is 0 Å². The lowest BCUT2D eigenvalue weighted by molar-refractivity contribution is 0.300. The molecular weight excluding hydrogens is 262 g/mol. The second kappa shape index (κ2) is 6.72. The predicted octanol–water partition coefficient (Wildman–Crippen LogP) is 2.55. The van der Waals surface area contributed by atoms with Gasteiger partial charge in [0.1, 0.15) is 0 Å². The molecule has 0 bridgehead atoms. The topological polar surface area (TPSA) is 46.0 Å². The van der Waals surface area contributed by atoms with Crippen LogP contribution in [0.15, 0.2) is 36.8 Å². The van der Waals surface area contributed by atoms with Crippen LogP contribution in [0.4, 0.5) is 5.69 Å². The summed E-state index contributed by atoms with van der Waals surface area (Å²) in [6, 6.07) is 6.50. The normalized spacial score (nSPS) is 20.1. The minimum absolute atomic E-state index is 0.514. The van der Waals surface area contributed by atoms with Gasteiger partial charge in [-0.05, 0) is 50.6 Å². The van der Waals surface area contributed by atoms with E-state index in [-0.39, 0.29) is 0 Å². The van der Waals surface area contributed by atoms with E-state index in [2.05, 4.69) is 33.3 Å². The van der Waals surface area contributed by atoms with Gasteiger partial charge in [0.05, 0.1) is 5.69 Å². The Kier molecular flexibility index (Phi) is 4.50. The van der Waals surface area contributed by atoms with Crippen LogP contribution in [0.2, 0.25) is 0 Å². The van der Waals surface area contributed by atoms with E-state index in [0.717, 1.165) is 18.1 Å². The van der Waals surface area contributed by atoms with E-state index in [1.807, 2.05) is 29.2 Å². The highest BCUT2D eigenvalue weighted by atomic mass is 15.3. The molecule has 0 spiro atoms. The lowest BCUT2D eigenvalue weighted by Crippen LogP contribution is -2.26. The summed E-state index contributed by atoms with van der Waals surface area (Å²) < 4.78 is 1.82. The van der Waals surface area contributed by atoms with Crippen molar-refractivity contribution >= 4 is 5.69 Å². The van der Waals surface area contributed by atoms with E-state index < -0.39 is 0 Å². The molecule has 0 saturated carbocycles. The molecule has 0 aromatic carbocycles. The van der Waals surface area contributed by atoms with Crippen LogP contribution in [0.25, 0.3) is 5.82 Å². The molecule has 21 heavy (non-hydrogen) atoms. The van der Waals surface area contributed by atoms with E-state index in [1.54, 1.807) is 6.20 Å². The number of rotatable bonds is 4. The molecule has 1 aliphatic rings. The van der Waals surface area contributed by atoms with Gasteiger partial charge in [-0.15, -0.1) is 0 Å². The third-order valence-electron chi connectivity index (χ3n) is 4.14. The number of anilines is 1. The lowest BCUT2D eigenvalue weighted by atomic mass is 10.1. The Balaban J connectivity index is 1.73. The highest BCUT2D eigenvalue weighted by Crippen LogP contribution is 2.21. The summed E-state index contributed by atoms with van der Waals surface area (Å²) in [4.78, 5) is 7.00. The first-order valence-corrected chi connectivity index (χ1v) is 7.80. The molecule has 2 aromatic rings. The van der Waals surface area contributed by atoms with E-state index >= 15 is 0 Å². The SMILES string of the molecule is CCN1CCCC(Nc2cccnc2-n2cccn2)CC1. The molecule has 1 fully saturated rings. The Hall–Kier alpha value is -1.88. The van der Waals surface area contributed by atoms with Crippen molar-refractivity contribution in [3.05, 3.63) is 36.8 Å². The molecule has 5 heteroatoms. The molecule has 0 radical (unpaired) electrons. The third-order valence-corrected chi connectivity index (χ3v) is 4.14. The fourth-order valence-electron chi connectivity index (χ4n) is 2.92. The molecule has 0 aliphatic carbocycles. The molecule has 112 valence electrons. The van der Waals surface area contributed by atoms with Crippen LogP contribution in [0, 0.1) is 0 Å². The first-order valence-electron chi connectivity index (χ1n) is 7.80. The molecule has 1 atom stereocenters. The maximum absolute atomic E-state index is 4.47. The molecule has 5 nitrogen and oxygen atoms in total. The van der Waals surface area contributed by atoms with E-state index in [9.17, 15) is 0 Å². The summed E-state index contributed by atoms with van der Waals surface area (Å²) in [7, 11) is 0. The summed E-state index contributed by atoms with van der Waals surface area (Å²) in [5, 5.41) is 7.96. The highest BCUT2D eigenvalue weighted by Gasteiger charge is 2.17. The average molecular weight is 285 g/mol. The van der Waals surface area contributed by atoms with Crippen LogP contribution in [-0.4, -0.2) is 45.3 Å². The Morgan fingerprint density at radius 3 is 3.00 bits per heavy atom. The van der Waals surface area contributed by atoms with Crippen LogP contribution >= 0.6 is 0 Å². The summed E-state index contributed by atoms with van der Waals surface area (Å²) in [5.74, 6) is 0.874. The summed E-state index contributed by atoms with van der Waals surface area (Å²) in [5.41, 5.74) is 1.07. The van der Waals surface area contributed by atoms with Gasteiger partial charge in [-0.1, -0.05) is 6.92 Å². The lowest BCUT2D eigenvalue weighted by Gasteiger charge is -2.20. The highest BCUT2D eigenvalue weighted by molar-refractivity contribution is 5.56. The molecule has 0 amide bonds. The number of pyridine rings is 1. The minimum Gasteiger partial charge on any atom is -0.379 e. The molecule has 1 saturated heterocycles. The molecule has 2 aromatic heterocycles. The van der Waals surface area contributed by atoms with Gasteiger partial charge in [0, 0.05) is 31.2 Å². The van der Waals surface area contributed by atoms with Gasteiger partial charge in [-0.25, -0.2) is 9.67 Å². The number of hydrogen-bond donors (Lipinski definition) is 1. The van der Waals surface area contributed by atoms with Crippen molar-refractivity contribution in [1.82, 2.24) is 19.7 Å². The number of aromatic nitrogens is 3. The van der Waals surface area contributed by atoms with Crippen molar-refractivity contribution < 1.29 is 0 Å². The van der Waals surface area contributed by atoms with Crippen molar-refractivity contribution in [3.8, 4) is 5.82 Å². The van der Waals surface area contributed by atoms with Gasteiger partial charge < -0.3 is 10.2 Å². The molecular formula is C16H23N5. The fraction of sp³-hybridized carbons (Fsp3) is 0.500. The Morgan fingerprint density at radius 2 is 2.19 bits per heavy atom. The van der Waals surface area contributed by atoms with Crippen LogP contribution in [0.3, 0.4) is 0 Å². The minimum atomic E-state index is 0.514.